The molecule has 7 nitrogen and oxygen atoms in total. The van der Waals surface area contributed by atoms with Gasteiger partial charge in [-0.2, -0.15) is 0 Å². The summed E-state index contributed by atoms with van der Waals surface area (Å²) in [6.45, 7) is 4.64. The molecule has 0 atom stereocenters. The van der Waals surface area contributed by atoms with Crippen molar-refractivity contribution in [3.8, 4) is 0 Å². The molecule has 2 aromatic carbocycles. The molecule has 0 saturated carbocycles. The number of nitro benzene ring substituents is 1. The van der Waals surface area contributed by atoms with Gasteiger partial charge in [0.15, 0.2) is 0 Å². The average Bonchev–Trinajstić information content (AvgIpc) is 2.77. The maximum absolute atomic E-state index is 13.3. The average molecular weight is 427 g/mol. The number of amides is 1. The van der Waals surface area contributed by atoms with E-state index in [2.05, 4.69) is 6.92 Å². The number of benzene rings is 2. The number of carbonyl (C=O) groups excluding carboxylic acids is 1. The highest BCUT2D eigenvalue weighted by Gasteiger charge is 2.21. The lowest BCUT2D eigenvalue weighted by Crippen LogP contribution is -2.33. The van der Waals surface area contributed by atoms with Gasteiger partial charge >= 0.3 is 5.97 Å². The number of nitro groups is 1. The molecule has 0 aliphatic rings. The van der Waals surface area contributed by atoms with Gasteiger partial charge in [-0.1, -0.05) is 38.8 Å². The molecular weight excluding hydrogens is 396 g/mol. The SMILES string of the molecule is CCCCc1ccc(N(CCCC)C(=O)c2ccc([N+](=O)[O-])cc2)c(CCC(=O)O)c1. The Labute approximate surface area is 182 Å². The van der Waals surface area contributed by atoms with Crippen LogP contribution in [-0.2, 0) is 17.6 Å². The van der Waals surface area contributed by atoms with Gasteiger partial charge in [-0.3, -0.25) is 19.7 Å². The van der Waals surface area contributed by atoms with E-state index in [1.54, 1.807) is 4.90 Å². The van der Waals surface area contributed by atoms with E-state index >= 15 is 0 Å². The zero-order valence-electron chi connectivity index (χ0n) is 18.2. The van der Waals surface area contributed by atoms with Gasteiger partial charge in [0, 0.05) is 36.3 Å². The summed E-state index contributed by atoms with van der Waals surface area (Å²) in [5.41, 5.74) is 2.96. The number of hydrogen-bond donors (Lipinski definition) is 1. The number of aliphatic carboxylic acids is 1. The topological polar surface area (TPSA) is 101 Å². The van der Waals surface area contributed by atoms with E-state index in [1.165, 1.54) is 24.3 Å². The third-order valence-corrected chi connectivity index (χ3v) is 5.17. The summed E-state index contributed by atoms with van der Waals surface area (Å²) in [5.74, 6) is -1.13. The molecule has 0 aliphatic heterocycles. The van der Waals surface area contributed by atoms with Gasteiger partial charge < -0.3 is 10.0 Å². The monoisotopic (exact) mass is 426 g/mol. The number of nitrogens with zero attached hydrogens (tertiary/aromatic N) is 2. The van der Waals surface area contributed by atoms with Gasteiger partial charge in [-0.15, -0.1) is 0 Å². The number of hydrogen-bond acceptors (Lipinski definition) is 4. The predicted octanol–water partition coefficient (Wildman–Crippen LogP) is 5.40. The van der Waals surface area contributed by atoms with Crippen molar-refractivity contribution in [3.63, 3.8) is 0 Å². The van der Waals surface area contributed by atoms with Crippen LogP contribution in [0.5, 0.6) is 0 Å². The summed E-state index contributed by atoms with van der Waals surface area (Å²) in [7, 11) is 0. The molecule has 7 heteroatoms. The number of anilines is 1. The van der Waals surface area contributed by atoms with E-state index < -0.39 is 10.9 Å². The van der Waals surface area contributed by atoms with Crippen LogP contribution in [0.3, 0.4) is 0 Å². The highest BCUT2D eigenvalue weighted by Crippen LogP contribution is 2.27. The number of rotatable bonds is 12. The molecule has 0 heterocycles. The minimum absolute atomic E-state index is 0.0163. The second-order valence-corrected chi connectivity index (χ2v) is 7.57. The van der Waals surface area contributed by atoms with E-state index in [9.17, 15) is 24.8 Å². The van der Waals surface area contributed by atoms with Crippen LogP contribution in [0.2, 0.25) is 0 Å². The Morgan fingerprint density at radius 3 is 2.26 bits per heavy atom. The lowest BCUT2D eigenvalue weighted by molar-refractivity contribution is -0.384. The minimum atomic E-state index is -0.883. The lowest BCUT2D eigenvalue weighted by Gasteiger charge is -2.26. The molecule has 2 aromatic rings. The number of unbranched alkanes of at least 4 members (excludes halogenated alkanes) is 2. The number of carboxylic acid groups (broad SMARTS) is 1. The molecule has 0 aliphatic carbocycles. The zero-order chi connectivity index (χ0) is 22.8. The quantitative estimate of drug-likeness (QED) is 0.362. The molecule has 0 bridgehead atoms. The molecule has 1 N–H and O–H groups in total. The normalized spacial score (nSPS) is 10.6. The lowest BCUT2D eigenvalue weighted by atomic mass is 9.99. The Balaban J connectivity index is 2.43. The van der Waals surface area contributed by atoms with Crippen molar-refractivity contribution >= 4 is 23.3 Å². The van der Waals surface area contributed by atoms with Crippen LogP contribution in [0.15, 0.2) is 42.5 Å². The summed E-state index contributed by atoms with van der Waals surface area (Å²) in [4.78, 5) is 36.6. The Hall–Kier alpha value is -3.22. The Kier molecular flexibility index (Phi) is 9.18. The molecule has 31 heavy (non-hydrogen) atoms. The largest absolute Gasteiger partial charge is 0.481 e. The first-order valence-electron chi connectivity index (χ1n) is 10.8. The van der Waals surface area contributed by atoms with E-state index in [-0.39, 0.29) is 18.0 Å². The highest BCUT2D eigenvalue weighted by atomic mass is 16.6. The first kappa shape index (κ1) is 24.1. The fourth-order valence-electron chi connectivity index (χ4n) is 3.41. The third kappa shape index (κ3) is 6.91. The summed E-state index contributed by atoms with van der Waals surface area (Å²) in [6.07, 6.45) is 5.00. The first-order chi connectivity index (χ1) is 14.9. The maximum Gasteiger partial charge on any atom is 0.303 e. The second kappa shape index (κ2) is 11.8. The predicted molar refractivity (Wildman–Crippen MR) is 121 cm³/mol. The first-order valence-corrected chi connectivity index (χ1v) is 10.8. The number of carbonyl (C=O) groups is 2. The fourth-order valence-corrected chi connectivity index (χ4v) is 3.41. The van der Waals surface area contributed by atoms with E-state index in [1.807, 2.05) is 25.1 Å². The number of carboxylic acids is 1. The Bertz CT molecular complexity index is 909. The number of non-ortho nitro benzene ring substituents is 1. The second-order valence-electron chi connectivity index (χ2n) is 7.57. The molecule has 0 radical (unpaired) electrons. The maximum atomic E-state index is 13.3. The van der Waals surface area contributed by atoms with Crippen molar-refractivity contribution in [2.75, 3.05) is 11.4 Å². The Morgan fingerprint density at radius 1 is 1.00 bits per heavy atom. The molecule has 0 saturated heterocycles. The van der Waals surface area contributed by atoms with Crippen LogP contribution in [-0.4, -0.2) is 28.5 Å². The van der Waals surface area contributed by atoms with Gasteiger partial charge in [0.05, 0.1) is 4.92 Å². The summed E-state index contributed by atoms with van der Waals surface area (Å²) < 4.78 is 0. The van der Waals surface area contributed by atoms with Crippen molar-refractivity contribution in [2.24, 2.45) is 0 Å². The van der Waals surface area contributed by atoms with Crippen molar-refractivity contribution in [3.05, 3.63) is 69.3 Å². The van der Waals surface area contributed by atoms with Crippen molar-refractivity contribution in [2.45, 2.75) is 58.8 Å². The molecule has 0 unspecified atom stereocenters. The van der Waals surface area contributed by atoms with Crippen LogP contribution < -0.4 is 4.90 Å². The summed E-state index contributed by atoms with van der Waals surface area (Å²) in [6, 6.07) is 11.5. The minimum Gasteiger partial charge on any atom is -0.481 e. The van der Waals surface area contributed by atoms with Gasteiger partial charge in [-0.25, -0.2) is 0 Å². The van der Waals surface area contributed by atoms with Gasteiger partial charge in [-0.05, 0) is 55.0 Å². The van der Waals surface area contributed by atoms with Crippen LogP contribution in [0.1, 0.15) is 67.4 Å². The van der Waals surface area contributed by atoms with Gasteiger partial charge in [0.25, 0.3) is 11.6 Å². The van der Waals surface area contributed by atoms with Gasteiger partial charge in [0.2, 0.25) is 0 Å². The smallest absolute Gasteiger partial charge is 0.303 e. The highest BCUT2D eigenvalue weighted by molar-refractivity contribution is 6.06. The summed E-state index contributed by atoms with van der Waals surface area (Å²) >= 11 is 0. The Morgan fingerprint density at radius 2 is 1.68 bits per heavy atom. The van der Waals surface area contributed by atoms with Gasteiger partial charge in [0.1, 0.15) is 0 Å². The molecule has 0 spiro atoms. The fraction of sp³-hybridized carbons (Fsp3) is 0.417. The van der Waals surface area contributed by atoms with Crippen LogP contribution >= 0.6 is 0 Å². The van der Waals surface area contributed by atoms with E-state index in [4.69, 9.17) is 0 Å². The third-order valence-electron chi connectivity index (χ3n) is 5.17. The standard InChI is InChI=1S/C24H30N2O5/c1-3-5-7-18-8-14-22(20(17-18)11-15-23(27)28)25(16-6-4-2)24(29)19-9-12-21(13-10-19)26(30)31/h8-10,12-14,17H,3-7,11,15-16H2,1-2H3,(H,27,28). The molecule has 0 fully saturated rings. The summed E-state index contributed by atoms with van der Waals surface area (Å²) in [5, 5.41) is 20.1. The van der Waals surface area contributed by atoms with Crippen LogP contribution in [0.25, 0.3) is 0 Å². The van der Waals surface area contributed by atoms with Crippen molar-refractivity contribution in [1.29, 1.82) is 0 Å². The molecule has 2 rings (SSSR count). The molecule has 1 amide bonds. The molecule has 166 valence electrons. The van der Waals surface area contributed by atoms with Crippen LogP contribution in [0.4, 0.5) is 11.4 Å². The van der Waals surface area contributed by atoms with E-state index in [0.29, 0.717) is 24.2 Å². The zero-order valence-corrected chi connectivity index (χ0v) is 18.2. The molecular formula is C24H30N2O5. The van der Waals surface area contributed by atoms with Crippen LogP contribution in [0, 0.1) is 10.1 Å². The van der Waals surface area contributed by atoms with Crippen molar-refractivity contribution in [1.82, 2.24) is 0 Å². The number of aryl methyl sites for hydroxylation is 2. The molecule has 0 aromatic heterocycles. The van der Waals surface area contributed by atoms with Crippen molar-refractivity contribution < 1.29 is 19.6 Å². The van der Waals surface area contributed by atoms with E-state index in [0.717, 1.165) is 43.2 Å².